The predicted octanol–water partition coefficient (Wildman–Crippen LogP) is 8.99. The lowest BCUT2D eigenvalue weighted by atomic mass is 9.95. The van der Waals surface area contributed by atoms with E-state index in [-0.39, 0.29) is 0 Å². The summed E-state index contributed by atoms with van der Waals surface area (Å²) in [6, 6.07) is 34.5. The monoisotopic (exact) mass is 540 g/mol. The lowest BCUT2D eigenvalue weighted by molar-refractivity contribution is 1.44. The van der Waals surface area contributed by atoms with Gasteiger partial charge in [0.1, 0.15) is 0 Å². The molecule has 0 nitrogen and oxygen atoms in total. The first-order valence-corrected chi connectivity index (χ1v) is 17.7. The molecular formula is C32H32P4. The Labute approximate surface area is 221 Å². The quantitative estimate of drug-likeness (QED) is 0.0743. The van der Waals surface area contributed by atoms with Crippen molar-refractivity contribution in [2.45, 2.75) is 0 Å². The maximum Gasteiger partial charge on any atom is -0.00986 e. The molecule has 0 saturated heterocycles. The number of hydrogen-bond donors (Lipinski definition) is 0. The first kappa shape index (κ1) is 24.7. The van der Waals surface area contributed by atoms with Gasteiger partial charge >= 0.3 is 0 Å². The molecule has 0 spiro atoms. The summed E-state index contributed by atoms with van der Waals surface area (Å²) in [5, 5.41) is 15.0. The lowest BCUT2D eigenvalue weighted by Crippen LogP contribution is -1.99. The van der Waals surface area contributed by atoms with Crippen LogP contribution in [0, 0.1) is 0 Å². The minimum atomic E-state index is 0.898. The molecule has 0 radical (unpaired) electrons. The van der Waals surface area contributed by atoms with Gasteiger partial charge in [0, 0.05) is 0 Å². The molecule has 0 aromatic heterocycles. The van der Waals surface area contributed by atoms with Crippen LogP contribution in [0.1, 0.15) is 0 Å². The van der Waals surface area contributed by atoms with E-state index in [1.54, 1.807) is 0 Å². The molecule has 0 aliphatic heterocycles. The molecule has 0 heterocycles. The molecule has 0 N–H and O–H groups in total. The zero-order valence-electron chi connectivity index (χ0n) is 20.5. The van der Waals surface area contributed by atoms with E-state index in [1.807, 2.05) is 0 Å². The third kappa shape index (κ3) is 5.18. The fourth-order valence-electron chi connectivity index (χ4n) is 5.24. The standard InChI is InChI=1S/C32H32P4/c33-10-11-34-12-13-35-14-15-36-32-7-3-6-24-18-25-8-9-26-19-27-16-22-4-1-2-5-23(22)17-28(27)20-29(26)30(25)21-31(24)32/h1-9,16-21,34-36H,10-15,33H2. The van der Waals surface area contributed by atoms with Crippen LogP contribution in [-0.2, 0) is 0 Å². The van der Waals surface area contributed by atoms with E-state index in [1.165, 1.54) is 96.1 Å². The molecule has 0 aliphatic rings. The van der Waals surface area contributed by atoms with Gasteiger partial charge in [-0.3, -0.25) is 0 Å². The molecule has 4 unspecified atom stereocenters. The summed E-state index contributed by atoms with van der Waals surface area (Å²) >= 11 is 0. The highest BCUT2D eigenvalue weighted by atomic mass is 31.1. The number of rotatable bonds is 9. The first-order chi connectivity index (χ1) is 17.8. The van der Waals surface area contributed by atoms with E-state index in [2.05, 4.69) is 100 Å². The maximum absolute atomic E-state index is 2.86. The second-order valence-corrected chi connectivity index (χ2v) is 14.5. The minimum Gasteiger partial charge on any atom is -0.137 e. The molecule has 4 atom stereocenters. The van der Waals surface area contributed by atoms with E-state index in [0.717, 1.165) is 25.7 Å². The number of fused-ring (bicyclic) bond motifs is 6. The molecular weight excluding hydrogens is 508 g/mol. The van der Waals surface area contributed by atoms with Crippen LogP contribution in [0.5, 0.6) is 0 Å². The lowest BCUT2D eigenvalue weighted by Gasteiger charge is -2.12. The highest BCUT2D eigenvalue weighted by Gasteiger charge is 2.08. The SMILES string of the molecule is PCCPCCPCCPc1cccc2cc3ccc4cc5cc6ccccc6cc5cc4c3cc12. The third-order valence-electron chi connectivity index (χ3n) is 7.07. The fourth-order valence-corrected chi connectivity index (χ4v) is 10.1. The van der Waals surface area contributed by atoms with Gasteiger partial charge < -0.3 is 0 Å². The molecule has 0 aliphatic carbocycles. The van der Waals surface area contributed by atoms with Crippen molar-refractivity contribution in [2.75, 3.05) is 37.0 Å². The van der Waals surface area contributed by atoms with Crippen molar-refractivity contribution < 1.29 is 0 Å². The first-order valence-electron chi connectivity index (χ1n) is 12.9. The molecule has 0 saturated carbocycles. The predicted molar refractivity (Wildman–Crippen MR) is 177 cm³/mol. The van der Waals surface area contributed by atoms with Crippen molar-refractivity contribution in [2.24, 2.45) is 0 Å². The van der Waals surface area contributed by atoms with Gasteiger partial charge in [-0.25, -0.2) is 0 Å². The molecule has 0 amide bonds. The molecule has 6 aromatic rings. The summed E-state index contributed by atoms with van der Waals surface area (Å²) in [7, 11) is 6.05. The summed E-state index contributed by atoms with van der Waals surface area (Å²) in [4.78, 5) is 0. The smallest absolute Gasteiger partial charge is 0.00986 e. The molecule has 180 valence electrons. The normalized spacial score (nSPS) is 12.9. The van der Waals surface area contributed by atoms with Gasteiger partial charge in [0.05, 0.1) is 0 Å². The number of benzene rings is 6. The van der Waals surface area contributed by atoms with Gasteiger partial charge in [0.2, 0.25) is 0 Å². The van der Waals surface area contributed by atoms with Gasteiger partial charge in [0.25, 0.3) is 0 Å². The number of hydrogen-bond acceptors (Lipinski definition) is 0. The summed E-state index contributed by atoms with van der Waals surface area (Å²) < 4.78 is 0. The van der Waals surface area contributed by atoms with E-state index in [4.69, 9.17) is 0 Å². The molecule has 6 rings (SSSR count). The third-order valence-corrected chi connectivity index (χ3v) is 12.7. The molecule has 36 heavy (non-hydrogen) atoms. The Bertz CT molecular complexity index is 1690. The fraction of sp³-hybridized carbons (Fsp3) is 0.188. The van der Waals surface area contributed by atoms with Crippen LogP contribution in [0.4, 0.5) is 0 Å². The van der Waals surface area contributed by atoms with Crippen molar-refractivity contribution in [3.8, 4) is 0 Å². The molecule has 0 bridgehead atoms. The van der Waals surface area contributed by atoms with Crippen LogP contribution in [0.15, 0.2) is 91.0 Å². The Morgan fingerprint density at radius 3 is 1.75 bits per heavy atom. The van der Waals surface area contributed by atoms with E-state index >= 15 is 0 Å². The summed E-state index contributed by atoms with van der Waals surface area (Å²) in [5.74, 6) is 0. The Balaban J connectivity index is 1.34. The van der Waals surface area contributed by atoms with Crippen molar-refractivity contribution in [1.82, 2.24) is 0 Å². The van der Waals surface area contributed by atoms with Crippen LogP contribution >= 0.6 is 35.0 Å². The second-order valence-electron chi connectivity index (χ2n) is 9.50. The van der Waals surface area contributed by atoms with Crippen molar-refractivity contribution >= 4 is 94.1 Å². The Morgan fingerprint density at radius 2 is 1.00 bits per heavy atom. The van der Waals surface area contributed by atoms with E-state index in [0.29, 0.717) is 0 Å². The Kier molecular flexibility index (Phi) is 7.80. The van der Waals surface area contributed by atoms with E-state index < -0.39 is 0 Å². The largest absolute Gasteiger partial charge is 0.137 e. The molecule has 0 fully saturated rings. The average Bonchev–Trinajstić information content (AvgIpc) is 2.91. The van der Waals surface area contributed by atoms with Crippen LogP contribution in [-0.4, -0.2) is 37.0 Å². The van der Waals surface area contributed by atoms with Crippen LogP contribution in [0.25, 0.3) is 53.9 Å². The van der Waals surface area contributed by atoms with Crippen LogP contribution < -0.4 is 5.30 Å². The summed E-state index contributed by atoms with van der Waals surface area (Å²) in [6.45, 7) is 0. The van der Waals surface area contributed by atoms with Crippen molar-refractivity contribution in [1.29, 1.82) is 0 Å². The minimum absolute atomic E-state index is 0.898. The Hall–Kier alpha value is -1.66. The highest BCUT2D eigenvalue weighted by molar-refractivity contribution is 7.49. The second kappa shape index (κ2) is 11.4. The highest BCUT2D eigenvalue weighted by Crippen LogP contribution is 2.34. The van der Waals surface area contributed by atoms with Gasteiger partial charge in [-0.15, -0.1) is 26.4 Å². The average molecular weight is 541 g/mol. The zero-order valence-corrected chi connectivity index (χ0v) is 24.6. The van der Waals surface area contributed by atoms with Crippen molar-refractivity contribution in [3.63, 3.8) is 0 Å². The zero-order chi connectivity index (χ0) is 24.3. The van der Waals surface area contributed by atoms with Gasteiger partial charge in [0.15, 0.2) is 0 Å². The van der Waals surface area contributed by atoms with Gasteiger partial charge in [-0.2, -0.15) is 0 Å². The summed E-state index contributed by atoms with van der Waals surface area (Å²) in [5.41, 5.74) is 0. The van der Waals surface area contributed by atoms with E-state index in [9.17, 15) is 0 Å². The topological polar surface area (TPSA) is 0 Å². The van der Waals surface area contributed by atoms with Crippen LogP contribution in [0.3, 0.4) is 0 Å². The summed E-state index contributed by atoms with van der Waals surface area (Å²) in [6.07, 6.45) is 8.24. The van der Waals surface area contributed by atoms with Crippen molar-refractivity contribution in [3.05, 3.63) is 91.0 Å². The molecule has 4 heteroatoms. The maximum atomic E-state index is 2.86. The van der Waals surface area contributed by atoms with Gasteiger partial charge in [-0.05, 0) is 133 Å². The van der Waals surface area contributed by atoms with Crippen LogP contribution in [0.2, 0.25) is 0 Å². The van der Waals surface area contributed by atoms with Gasteiger partial charge in [-0.1, -0.05) is 63.2 Å². The Morgan fingerprint density at radius 1 is 0.444 bits per heavy atom. The molecule has 6 aromatic carbocycles.